The van der Waals surface area contributed by atoms with E-state index >= 15 is 0 Å². The maximum Gasteiger partial charge on any atom is 0.133 e. The van der Waals surface area contributed by atoms with Crippen LogP contribution in [0, 0.1) is 34.6 Å². The van der Waals surface area contributed by atoms with Gasteiger partial charge in [-0.3, -0.25) is 15.0 Å². The molecule has 0 aliphatic rings. The lowest BCUT2D eigenvalue weighted by atomic mass is 9.87. The van der Waals surface area contributed by atoms with E-state index in [0.29, 0.717) is 0 Å². The first-order chi connectivity index (χ1) is 25.0. The largest absolute Gasteiger partial charge is 0.261 e. The molecule has 0 radical (unpaired) electrons. The summed E-state index contributed by atoms with van der Waals surface area (Å²) in [5, 5.41) is 0. The van der Waals surface area contributed by atoms with Gasteiger partial charge in [-0.15, -0.1) is 0 Å². The van der Waals surface area contributed by atoms with Crippen molar-refractivity contribution >= 4 is 0 Å². The van der Waals surface area contributed by atoms with Crippen molar-refractivity contribution in [2.45, 2.75) is 173 Å². The molecule has 7 nitrogen and oxygen atoms in total. The Balaban J connectivity index is 0.000000672. The number of aromatic nitrogens is 7. The minimum absolute atomic E-state index is 0. The average Bonchev–Trinajstić information content (AvgIpc) is 3.05. The van der Waals surface area contributed by atoms with Crippen molar-refractivity contribution < 1.29 is 0 Å². The molecule has 4 heterocycles. The van der Waals surface area contributed by atoms with Crippen LogP contribution in [0.2, 0.25) is 0 Å². The van der Waals surface area contributed by atoms with Crippen LogP contribution in [0.3, 0.4) is 0 Å². The van der Waals surface area contributed by atoms with Crippen molar-refractivity contribution in [1.29, 1.82) is 0 Å². The van der Waals surface area contributed by atoms with Gasteiger partial charge in [-0.25, -0.2) is 19.9 Å². The fraction of sp³-hybridized carbons (Fsp3) is 0.531. The van der Waals surface area contributed by atoms with Crippen LogP contribution in [-0.2, 0) is 27.1 Å². The Kier molecular flexibility index (Phi) is 20.1. The molecular weight excluding hydrogens is 687 g/mol. The predicted molar refractivity (Wildman–Crippen MR) is 241 cm³/mol. The number of pyridine rings is 1. The Morgan fingerprint density at radius 3 is 1.11 bits per heavy atom. The van der Waals surface area contributed by atoms with Crippen LogP contribution in [0.25, 0.3) is 0 Å². The number of benzene rings is 1. The van der Waals surface area contributed by atoms with E-state index in [1.165, 1.54) is 22.3 Å². The molecule has 0 atom stereocenters. The van der Waals surface area contributed by atoms with Crippen LogP contribution in [0.15, 0.2) is 79.8 Å². The van der Waals surface area contributed by atoms with E-state index in [2.05, 4.69) is 182 Å². The van der Waals surface area contributed by atoms with Crippen molar-refractivity contribution in [1.82, 2.24) is 34.9 Å². The first-order valence-corrected chi connectivity index (χ1v) is 19.4. The highest BCUT2D eigenvalue weighted by Gasteiger charge is 2.17. The highest BCUT2D eigenvalue weighted by molar-refractivity contribution is 5.26. The fourth-order valence-electron chi connectivity index (χ4n) is 4.30. The van der Waals surface area contributed by atoms with Gasteiger partial charge in [0.1, 0.15) is 11.6 Å². The molecule has 5 aromatic rings. The van der Waals surface area contributed by atoms with Gasteiger partial charge < -0.3 is 0 Å². The zero-order chi connectivity index (χ0) is 42.4. The van der Waals surface area contributed by atoms with Crippen molar-refractivity contribution in [2.75, 3.05) is 0 Å². The van der Waals surface area contributed by atoms with Gasteiger partial charge in [0.2, 0.25) is 0 Å². The summed E-state index contributed by atoms with van der Waals surface area (Å²) in [6.07, 6.45) is 13.1. The molecule has 0 aliphatic heterocycles. The minimum Gasteiger partial charge on any atom is -0.261 e. The molecule has 0 saturated heterocycles. The summed E-state index contributed by atoms with van der Waals surface area (Å²) in [6, 6.07) is 12.9. The van der Waals surface area contributed by atoms with Crippen LogP contribution in [-0.4, -0.2) is 34.9 Å². The summed E-state index contributed by atoms with van der Waals surface area (Å²) in [5.74, 6) is 1.74. The first-order valence-electron chi connectivity index (χ1n) is 19.4. The normalized spacial score (nSPS) is 11.4. The molecule has 0 saturated carbocycles. The molecule has 0 N–H and O–H groups in total. The van der Waals surface area contributed by atoms with Crippen molar-refractivity contribution in [3.8, 4) is 0 Å². The van der Waals surface area contributed by atoms with Crippen molar-refractivity contribution in [3.63, 3.8) is 0 Å². The number of nitrogens with zero attached hydrogens (tertiary/aromatic N) is 7. The second-order valence-electron chi connectivity index (χ2n) is 19.5. The van der Waals surface area contributed by atoms with E-state index in [-0.39, 0.29) is 34.5 Å². The van der Waals surface area contributed by atoms with E-state index in [4.69, 9.17) is 0 Å². The maximum absolute atomic E-state index is 4.29. The minimum atomic E-state index is 0. The zero-order valence-corrected chi connectivity index (χ0v) is 38.1. The lowest BCUT2D eigenvalue weighted by Crippen LogP contribution is -2.15. The molecule has 0 bridgehead atoms. The van der Waals surface area contributed by atoms with Gasteiger partial charge in [0.05, 0.1) is 11.4 Å². The molecule has 308 valence electrons. The molecule has 5 rings (SSSR count). The third-order valence-corrected chi connectivity index (χ3v) is 8.34. The molecule has 7 heteroatoms. The summed E-state index contributed by atoms with van der Waals surface area (Å²) in [4.78, 5) is 29.5. The third-order valence-electron chi connectivity index (χ3n) is 8.34. The van der Waals surface area contributed by atoms with Gasteiger partial charge in [-0.2, -0.15) is 0 Å². The standard InChI is InChI=1S/C11H16.C10H15N.3C9H14N2.CH4/c1-9-5-7-10(8-6-9)11(2,3)4;1-8-5-6-9(7-11-8)10(2,3)4;1-7-10-5-8(6-11-7)9(2,3)4;1-7-5-11-8(6-10-7)9(2,3)4;1-7-5-10-8(11-6-7)9(2,3)4;/h5-8H,1-4H3;5-7H,1-4H3;3*5-6H,1-4H3;1H4. The third kappa shape index (κ3) is 20.5. The smallest absolute Gasteiger partial charge is 0.133 e. The second kappa shape index (κ2) is 21.8. The molecular formula is C49H77N7. The van der Waals surface area contributed by atoms with Crippen LogP contribution in [0.4, 0.5) is 0 Å². The Labute approximate surface area is 343 Å². The summed E-state index contributed by atoms with van der Waals surface area (Å²) in [6.45, 7) is 42.4. The van der Waals surface area contributed by atoms with Crippen molar-refractivity contribution in [2.24, 2.45) is 0 Å². The lowest BCUT2D eigenvalue weighted by molar-refractivity contribution is 0.544. The Bertz CT molecular complexity index is 1470. The lowest BCUT2D eigenvalue weighted by Gasteiger charge is -2.18. The van der Waals surface area contributed by atoms with Gasteiger partial charge in [0, 0.05) is 59.9 Å². The topological polar surface area (TPSA) is 90.2 Å². The zero-order valence-electron chi connectivity index (χ0n) is 38.1. The summed E-state index contributed by atoms with van der Waals surface area (Å²) in [5.41, 5.74) is 10.3. The molecule has 0 fully saturated rings. The number of rotatable bonds is 0. The monoisotopic (exact) mass is 764 g/mol. The predicted octanol–water partition coefficient (Wildman–Crippen LogP) is 12.9. The summed E-state index contributed by atoms with van der Waals surface area (Å²) >= 11 is 0. The molecule has 0 aliphatic carbocycles. The summed E-state index contributed by atoms with van der Waals surface area (Å²) < 4.78 is 0. The average molecular weight is 764 g/mol. The van der Waals surface area contributed by atoms with Crippen molar-refractivity contribution in [3.05, 3.63) is 136 Å². The molecule has 1 aromatic carbocycles. The molecule has 4 aromatic heterocycles. The quantitative estimate of drug-likeness (QED) is 0.155. The highest BCUT2D eigenvalue weighted by Crippen LogP contribution is 2.23. The van der Waals surface area contributed by atoms with Crippen LogP contribution < -0.4 is 0 Å². The molecule has 56 heavy (non-hydrogen) atoms. The number of aryl methyl sites for hydroxylation is 5. The van der Waals surface area contributed by atoms with E-state index < -0.39 is 0 Å². The van der Waals surface area contributed by atoms with Gasteiger partial charge in [0.15, 0.2) is 0 Å². The van der Waals surface area contributed by atoms with Gasteiger partial charge >= 0.3 is 0 Å². The van der Waals surface area contributed by atoms with E-state index in [1.807, 2.05) is 64.9 Å². The molecule has 0 unspecified atom stereocenters. The highest BCUT2D eigenvalue weighted by atomic mass is 14.9. The Hall–Kier alpha value is -4.39. The van der Waals surface area contributed by atoms with Crippen LogP contribution >= 0.6 is 0 Å². The fourth-order valence-corrected chi connectivity index (χ4v) is 4.30. The Morgan fingerprint density at radius 2 is 0.750 bits per heavy atom. The number of hydrogen-bond acceptors (Lipinski definition) is 7. The molecule has 0 spiro atoms. The second-order valence-corrected chi connectivity index (χ2v) is 19.5. The summed E-state index contributed by atoms with van der Waals surface area (Å²) in [7, 11) is 0. The maximum atomic E-state index is 4.29. The van der Waals surface area contributed by atoms with Crippen LogP contribution in [0.1, 0.15) is 168 Å². The Morgan fingerprint density at radius 1 is 0.321 bits per heavy atom. The van der Waals surface area contributed by atoms with Gasteiger partial charge in [0.25, 0.3) is 0 Å². The van der Waals surface area contributed by atoms with E-state index in [1.54, 1.807) is 6.20 Å². The van der Waals surface area contributed by atoms with Gasteiger partial charge in [-0.05, 0) is 79.2 Å². The van der Waals surface area contributed by atoms with E-state index in [9.17, 15) is 0 Å². The number of hydrogen-bond donors (Lipinski definition) is 0. The molecule has 0 amide bonds. The van der Waals surface area contributed by atoms with E-state index in [0.717, 1.165) is 34.3 Å². The van der Waals surface area contributed by atoms with Crippen LogP contribution in [0.5, 0.6) is 0 Å². The first kappa shape index (κ1) is 51.6. The SMILES string of the molecule is C.Cc1ccc(C(C)(C)C)cc1.Cc1ccc(C(C)(C)C)cn1.Cc1cnc(C(C)(C)C)cn1.Cc1cnc(C(C)(C)C)nc1.Cc1ncc(C(C)(C)C)cn1. The van der Waals surface area contributed by atoms with Gasteiger partial charge in [-0.1, -0.05) is 147 Å².